The molecule has 0 spiro atoms. The van der Waals surface area contributed by atoms with Gasteiger partial charge in [-0.1, -0.05) is 63.2 Å². The summed E-state index contributed by atoms with van der Waals surface area (Å²) in [7, 11) is 3.13. The Hall–Kier alpha value is -3.57. The number of nitriles is 1. The first kappa shape index (κ1) is 49.1. The Balaban J connectivity index is 1.02. The number of anilines is 2. The Morgan fingerprint density at radius 1 is 0.783 bits per heavy atom. The van der Waals surface area contributed by atoms with Crippen LogP contribution in [0.2, 0.25) is 10.0 Å². The lowest BCUT2D eigenvalue weighted by Crippen LogP contribution is -2.46. The van der Waals surface area contributed by atoms with E-state index in [1.165, 1.54) is 32.6 Å². The van der Waals surface area contributed by atoms with E-state index in [9.17, 15) is 15.2 Å². The highest BCUT2D eigenvalue weighted by molar-refractivity contribution is 6.37. The number of carboxylic acid groups (broad SMARTS) is 1. The number of nitrogens with one attached hydrogen (secondary N) is 1. The van der Waals surface area contributed by atoms with E-state index < -0.39 is 5.97 Å². The second kappa shape index (κ2) is 26.0. The Morgan fingerprint density at radius 3 is 1.95 bits per heavy atom. The average Bonchev–Trinajstić information content (AvgIpc) is 3.22. The zero-order valence-corrected chi connectivity index (χ0v) is 38.0. The molecule has 1 fully saturated rings. The monoisotopic (exact) mass is 871 g/mol. The van der Waals surface area contributed by atoms with Crippen molar-refractivity contribution in [2.45, 2.75) is 91.4 Å². The topological polar surface area (TPSA) is 139 Å². The zero-order chi connectivity index (χ0) is 43.3. The molecule has 0 radical (unpaired) electrons. The van der Waals surface area contributed by atoms with Crippen molar-refractivity contribution < 1.29 is 33.6 Å². The van der Waals surface area contributed by atoms with Crippen molar-refractivity contribution in [3.05, 3.63) is 46.1 Å². The summed E-state index contributed by atoms with van der Waals surface area (Å²) in [6.07, 6.45) is 12.9. The van der Waals surface area contributed by atoms with Crippen LogP contribution in [0.3, 0.4) is 0 Å². The van der Waals surface area contributed by atoms with Gasteiger partial charge in [-0.05, 0) is 75.5 Å². The molecule has 0 saturated carbocycles. The molecule has 1 aliphatic heterocycles. The Bertz CT molecular complexity index is 1810. The fourth-order valence-electron chi connectivity index (χ4n) is 7.48. The lowest BCUT2D eigenvalue weighted by Gasteiger charge is -2.34. The molecular formula is C46H67Cl2N5O7. The molecule has 332 valence electrons. The summed E-state index contributed by atoms with van der Waals surface area (Å²) in [6.45, 7) is 16.1. The summed E-state index contributed by atoms with van der Waals surface area (Å²) in [4.78, 5) is 21.1. The van der Waals surface area contributed by atoms with E-state index in [4.69, 9.17) is 46.9 Å². The van der Waals surface area contributed by atoms with Crippen molar-refractivity contribution in [1.29, 1.82) is 5.26 Å². The highest BCUT2D eigenvalue weighted by Gasteiger charge is 2.30. The minimum Gasteiger partial charge on any atom is -0.495 e. The number of pyridine rings is 1. The largest absolute Gasteiger partial charge is 0.495 e. The van der Waals surface area contributed by atoms with Crippen LogP contribution in [0.1, 0.15) is 97.0 Å². The summed E-state index contributed by atoms with van der Waals surface area (Å²) in [5, 5.41) is 24.1. The van der Waals surface area contributed by atoms with Gasteiger partial charge in [0, 0.05) is 82.9 Å². The summed E-state index contributed by atoms with van der Waals surface area (Å²) in [5.41, 5.74) is 1.87. The molecule has 2 heterocycles. The third-order valence-corrected chi connectivity index (χ3v) is 11.7. The molecule has 60 heavy (non-hydrogen) atoms. The van der Waals surface area contributed by atoms with Crippen LogP contribution in [0, 0.1) is 22.7 Å². The number of aliphatic carboxylic acids is 1. The number of unbranched alkanes of at least 4 members (excludes halogenated alkanes) is 6. The van der Waals surface area contributed by atoms with Gasteiger partial charge in [0.2, 0.25) is 0 Å². The third kappa shape index (κ3) is 16.0. The average molecular weight is 873 g/mol. The van der Waals surface area contributed by atoms with E-state index >= 15 is 0 Å². The number of halogens is 2. The minimum absolute atomic E-state index is 0.209. The molecule has 14 heteroatoms. The van der Waals surface area contributed by atoms with Crippen LogP contribution < -0.4 is 19.5 Å². The number of methoxy groups -OCH3 is 2. The number of benzene rings is 2. The van der Waals surface area contributed by atoms with E-state index in [-0.39, 0.29) is 11.3 Å². The fourth-order valence-corrected chi connectivity index (χ4v) is 7.98. The summed E-state index contributed by atoms with van der Waals surface area (Å²) in [5.74, 6) is 0.607. The Kier molecular flexibility index (Phi) is 21.3. The van der Waals surface area contributed by atoms with Gasteiger partial charge in [0.25, 0.3) is 0 Å². The number of nitrogens with zero attached hydrogens (tertiary/aromatic N) is 4. The van der Waals surface area contributed by atoms with Crippen LogP contribution in [-0.4, -0.2) is 112 Å². The van der Waals surface area contributed by atoms with Crippen molar-refractivity contribution in [2.75, 3.05) is 91.8 Å². The third-order valence-electron chi connectivity index (χ3n) is 11.1. The van der Waals surface area contributed by atoms with Crippen molar-refractivity contribution in [1.82, 2.24) is 14.8 Å². The van der Waals surface area contributed by atoms with Crippen LogP contribution >= 0.6 is 23.2 Å². The Morgan fingerprint density at radius 2 is 1.37 bits per heavy atom. The van der Waals surface area contributed by atoms with Crippen molar-refractivity contribution in [3.8, 4) is 23.3 Å². The van der Waals surface area contributed by atoms with Crippen LogP contribution in [0.5, 0.6) is 17.2 Å². The first-order chi connectivity index (χ1) is 28.9. The van der Waals surface area contributed by atoms with Crippen LogP contribution in [0.4, 0.5) is 11.4 Å². The Labute approximate surface area is 367 Å². The quantitative estimate of drug-likeness (QED) is 0.0672. The molecule has 4 rings (SSSR count). The molecule has 0 aliphatic carbocycles. The van der Waals surface area contributed by atoms with Gasteiger partial charge in [-0.25, -0.2) is 0 Å². The molecule has 0 amide bonds. The number of hydrogen-bond acceptors (Lipinski definition) is 11. The molecule has 2 N–H and O–H groups in total. The highest BCUT2D eigenvalue weighted by atomic mass is 35.5. The predicted molar refractivity (Wildman–Crippen MR) is 241 cm³/mol. The van der Waals surface area contributed by atoms with Crippen molar-refractivity contribution in [3.63, 3.8) is 0 Å². The second-order valence-corrected chi connectivity index (χ2v) is 17.4. The standard InChI is InChI=1S/C46H67Cl2N5O7/c1-46(2,3)36(45(54)55)16-9-14-26-59-25-13-8-12-24-58-23-11-7-6-10-17-52-19-21-53(22-20-52)18-15-27-60-43-30-39-35(28-42(43)57-5)44(34(32-49)33-50-39)51-40-31-41(56-4)38(48)29-37(40)47/h28-31,33,36H,6-27H2,1-5H3,(H,50,51)(H,54,55). The van der Waals surface area contributed by atoms with E-state index in [2.05, 4.69) is 26.2 Å². The van der Waals surface area contributed by atoms with E-state index in [0.29, 0.717) is 74.8 Å². The number of rotatable bonds is 28. The second-order valence-electron chi connectivity index (χ2n) is 16.6. The van der Waals surface area contributed by atoms with Crippen LogP contribution in [0.15, 0.2) is 30.5 Å². The lowest BCUT2D eigenvalue weighted by molar-refractivity contribution is -0.145. The van der Waals surface area contributed by atoms with Gasteiger partial charge in [-0.2, -0.15) is 5.26 Å². The summed E-state index contributed by atoms with van der Waals surface area (Å²) in [6, 6.07) is 9.17. The van der Waals surface area contributed by atoms with Gasteiger partial charge in [-0.3, -0.25) is 9.78 Å². The first-order valence-electron chi connectivity index (χ1n) is 21.6. The van der Waals surface area contributed by atoms with E-state index in [0.717, 1.165) is 104 Å². The smallest absolute Gasteiger partial charge is 0.307 e. The van der Waals surface area contributed by atoms with Crippen molar-refractivity contribution >= 4 is 51.4 Å². The normalized spacial score (nSPS) is 14.2. The van der Waals surface area contributed by atoms with Gasteiger partial charge in [-0.15, -0.1) is 0 Å². The SMILES string of the molecule is COc1cc(Nc2c(C#N)cnc3cc(OCCCN4CCN(CCCCCCOCCCCCOCCCCC(C(=O)O)C(C)(C)C)CC4)c(OC)cc23)c(Cl)cc1Cl. The van der Waals surface area contributed by atoms with Gasteiger partial charge in [0.05, 0.1) is 59.2 Å². The van der Waals surface area contributed by atoms with Crippen LogP contribution in [-0.2, 0) is 14.3 Å². The molecule has 3 aromatic rings. The minimum atomic E-state index is -0.696. The molecule has 1 atom stereocenters. The molecule has 0 bridgehead atoms. The van der Waals surface area contributed by atoms with E-state index in [1.807, 2.05) is 32.9 Å². The number of carbonyl (C=O) groups is 1. The molecular weight excluding hydrogens is 805 g/mol. The maximum absolute atomic E-state index is 11.5. The van der Waals surface area contributed by atoms with E-state index in [1.54, 1.807) is 19.2 Å². The predicted octanol–water partition coefficient (Wildman–Crippen LogP) is 10.2. The van der Waals surface area contributed by atoms with Gasteiger partial charge in [0.15, 0.2) is 11.5 Å². The molecule has 1 aromatic heterocycles. The van der Waals surface area contributed by atoms with Crippen LogP contribution in [0.25, 0.3) is 10.9 Å². The molecule has 1 aliphatic rings. The zero-order valence-electron chi connectivity index (χ0n) is 36.5. The summed E-state index contributed by atoms with van der Waals surface area (Å²) < 4.78 is 28.9. The number of fused-ring (bicyclic) bond motifs is 1. The van der Waals surface area contributed by atoms with Gasteiger partial charge >= 0.3 is 5.97 Å². The molecule has 12 nitrogen and oxygen atoms in total. The number of ether oxygens (including phenoxy) is 5. The number of piperazine rings is 1. The highest BCUT2D eigenvalue weighted by Crippen LogP contribution is 2.40. The number of hydrogen-bond donors (Lipinski definition) is 2. The summed E-state index contributed by atoms with van der Waals surface area (Å²) >= 11 is 12.7. The first-order valence-corrected chi connectivity index (χ1v) is 22.4. The van der Waals surface area contributed by atoms with Gasteiger partial charge < -0.3 is 43.9 Å². The molecule has 1 saturated heterocycles. The lowest BCUT2D eigenvalue weighted by atomic mass is 9.78. The van der Waals surface area contributed by atoms with Gasteiger partial charge in [0.1, 0.15) is 11.8 Å². The number of aromatic nitrogens is 1. The maximum Gasteiger partial charge on any atom is 0.307 e. The van der Waals surface area contributed by atoms with Crippen molar-refractivity contribution in [2.24, 2.45) is 11.3 Å². The molecule has 1 unspecified atom stereocenters. The number of carboxylic acids is 1. The maximum atomic E-state index is 11.5. The fraction of sp³-hybridized carbons (Fsp3) is 0.630. The molecule has 2 aromatic carbocycles.